The smallest absolute Gasteiger partial charge is 0.231 e. The van der Waals surface area contributed by atoms with Crippen LogP contribution in [0.3, 0.4) is 0 Å². The summed E-state index contributed by atoms with van der Waals surface area (Å²) in [6, 6.07) is 0.277. The minimum absolute atomic E-state index is 0.0135. The van der Waals surface area contributed by atoms with Crippen molar-refractivity contribution in [3.63, 3.8) is 0 Å². The van der Waals surface area contributed by atoms with E-state index in [1.54, 1.807) is 0 Å². The van der Waals surface area contributed by atoms with E-state index in [0.717, 1.165) is 45.4 Å². The van der Waals surface area contributed by atoms with Gasteiger partial charge in [0.1, 0.15) is 0 Å². The van der Waals surface area contributed by atoms with Crippen molar-refractivity contribution in [1.29, 1.82) is 0 Å². The summed E-state index contributed by atoms with van der Waals surface area (Å²) < 4.78 is 5.90. The zero-order valence-corrected chi connectivity index (χ0v) is 21.5. The van der Waals surface area contributed by atoms with Crippen LogP contribution in [0.25, 0.3) is 0 Å². The van der Waals surface area contributed by atoms with Crippen LogP contribution >= 0.6 is 23.2 Å². The first-order chi connectivity index (χ1) is 14.6. The van der Waals surface area contributed by atoms with Crippen LogP contribution < -0.4 is 10.2 Å². The van der Waals surface area contributed by atoms with Crippen LogP contribution in [0, 0.1) is 0 Å². The Morgan fingerprint density at radius 1 is 0.871 bits per heavy atom. The topological polar surface area (TPSA) is 63.2 Å². The molecule has 0 atom stereocenters. The van der Waals surface area contributed by atoms with Crippen LogP contribution in [0.4, 0.5) is 5.95 Å². The minimum atomic E-state index is 0.0135. The first-order valence-electron chi connectivity index (χ1n) is 11.8. The predicted octanol–water partition coefficient (Wildman–Crippen LogP) is 6.06. The summed E-state index contributed by atoms with van der Waals surface area (Å²) in [4.78, 5) is 15.0. The molecule has 1 N–H and O–H groups in total. The first kappa shape index (κ1) is 26.6. The van der Waals surface area contributed by atoms with Crippen molar-refractivity contribution in [1.82, 2.24) is 20.3 Å². The van der Waals surface area contributed by atoms with Crippen molar-refractivity contribution < 1.29 is 4.74 Å². The van der Waals surface area contributed by atoms with Gasteiger partial charge in [0.15, 0.2) is 0 Å². The van der Waals surface area contributed by atoms with E-state index in [9.17, 15) is 0 Å². The highest BCUT2D eigenvalue weighted by molar-refractivity contribution is 6.31. The number of halogens is 2. The lowest BCUT2D eigenvalue weighted by atomic mass is 9.79. The number of piperidine rings is 1. The van der Waals surface area contributed by atoms with Crippen molar-refractivity contribution in [2.24, 2.45) is 0 Å². The molecule has 1 aliphatic heterocycles. The van der Waals surface area contributed by atoms with Crippen molar-refractivity contribution in [2.45, 2.75) is 110 Å². The van der Waals surface area contributed by atoms with Crippen molar-refractivity contribution in [2.75, 3.05) is 24.7 Å². The normalized spacial score (nSPS) is 18.3. The fourth-order valence-electron chi connectivity index (χ4n) is 4.80. The summed E-state index contributed by atoms with van der Waals surface area (Å²) in [6.45, 7) is 13.6. The highest BCUT2D eigenvalue weighted by atomic mass is 35.5. The highest BCUT2D eigenvalue weighted by Gasteiger charge is 2.40. The molecule has 178 valence electrons. The fourth-order valence-corrected chi connectivity index (χ4v) is 5.16. The van der Waals surface area contributed by atoms with E-state index in [1.807, 2.05) is 0 Å². The van der Waals surface area contributed by atoms with E-state index in [1.165, 1.54) is 32.1 Å². The van der Waals surface area contributed by atoms with Gasteiger partial charge < -0.3 is 15.0 Å². The van der Waals surface area contributed by atoms with Gasteiger partial charge in [0, 0.05) is 36.9 Å². The minimum Gasteiger partial charge on any atom is -0.381 e. The monoisotopic (exact) mass is 473 g/mol. The Morgan fingerprint density at radius 3 is 2.03 bits per heavy atom. The Hall–Kier alpha value is -0.690. The standard InChI is InChI=1S/C23H41Cl2N5O/c1-6-7-8-9-10-11-14-31-15-12-13-30(21-27-19(24)26-20(25)28-21)18-16-22(2,3)29-23(4,5)17-18/h18,29H,6-17H2,1-5H3. The Bertz CT molecular complexity index is 635. The van der Waals surface area contributed by atoms with Crippen LogP contribution in [-0.2, 0) is 4.74 Å². The molecule has 0 radical (unpaired) electrons. The van der Waals surface area contributed by atoms with Crippen LogP contribution in [-0.4, -0.2) is 51.8 Å². The Labute approximate surface area is 198 Å². The van der Waals surface area contributed by atoms with Gasteiger partial charge >= 0.3 is 0 Å². The van der Waals surface area contributed by atoms with E-state index in [2.05, 4.69) is 59.8 Å². The molecule has 31 heavy (non-hydrogen) atoms. The van der Waals surface area contributed by atoms with Crippen LogP contribution in [0.1, 0.15) is 92.4 Å². The maximum Gasteiger partial charge on any atom is 0.231 e. The van der Waals surface area contributed by atoms with E-state index in [4.69, 9.17) is 27.9 Å². The van der Waals surface area contributed by atoms with Crippen molar-refractivity contribution >= 4 is 29.2 Å². The van der Waals surface area contributed by atoms with Gasteiger partial charge in [-0.15, -0.1) is 0 Å². The summed E-state index contributed by atoms with van der Waals surface area (Å²) in [6.07, 6.45) is 10.5. The molecule has 1 fully saturated rings. The maximum atomic E-state index is 6.10. The third-order valence-corrected chi connectivity index (χ3v) is 6.10. The zero-order chi connectivity index (χ0) is 22.9. The first-order valence-corrected chi connectivity index (χ1v) is 12.6. The number of nitrogens with zero attached hydrogens (tertiary/aromatic N) is 4. The molecule has 2 heterocycles. The largest absolute Gasteiger partial charge is 0.381 e. The summed E-state index contributed by atoms with van der Waals surface area (Å²) in [5, 5.41) is 4.01. The molecule has 6 nitrogen and oxygen atoms in total. The van der Waals surface area contributed by atoms with Crippen molar-refractivity contribution in [3.05, 3.63) is 10.6 Å². The second-order valence-electron chi connectivity index (χ2n) is 10.1. The maximum absolute atomic E-state index is 6.10. The summed E-state index contributed by atoms with van der Waals surface area (Å²) >= 11 is 12.2. The second-order valence-corrected chi connectivity index (χ2v) is 10.7. The van der Waals surface area contributed by atoms with Crippen LogP contribution in [0.15, 0.2) is 0 Å². The molecule has 0 amide bonds. The number of ether oxygens (including phenoxy) is 1. The molecule has 1 saturated heterocycles. The average Bonchev–Trinajstić information content (AvgIpc) is 2.62. The van der Waals surface area contributed by atoms with E-state index < -0.39 is 0 Å². The molecule has 0 saturated carbocycles. The fraction of sp³-hybridized carbons (Fsp3) is 0.870. The zero-order valence-electron chi connectivity index (χ0n) is 20.0. The molecule has 2 rings (SSSR count). The molecule has 0 spiro atoms. The number of hydrogen-bond donors (Lipinski definition) is 1. The predicted molar refractivity (Wildman–Crippen MR) is 130 cm³/mol. The quantitative estimate of drug-likeness (QED) is 0.351. The van der Waals surface area contributed by atoms with Gasteiger partial charge in [-0.05, 0) is 76.6 Å². The SMILES string of the molecule is CCCCCCCCOCCCN(c1nc(Cl)nc(Cl)n1)C1CC(C)(C)NC(C)(C)C1. The lowest BCUT2D eigenvalue weighted by molar-refractivity contribution is 0.125. The number of hydrogen-bond acceptors (Lipinski definition) is 6. The number of anilines is 1. The second kappa shape index (κ2) is 12.5. The molecule has 0 aromatic carbocycles. The van der Waals surface area contributed by atoms with Gasteiger partial charge in [0.25, 0.3) is 0 Å². The molecule has 0 aliphatic carbocycles. The Balaban J connectivity index is 1.93. The lowest BCUT2D eigenvalue weighted by Crippen LogP contribution is -2.62. The van der Waals surface area contributed by atoms with Gasteiger partial charge in [-0.3, -0.25) is 0 Å². The van der Waals surface area contributed by atoms with Gasteiger partial charge in [-0.2, -0.15) is 15.0 Å². The highest BCUT2D eigenvalue weighted by Crippen LogP contribution is 2.33. The van der Waals surface area contributed by atoms with Crippen LogP contribution in [0.2, 0.25) is 10.6 Å². The van der Waals surface area contributed by atoms with E-state index >= 15 is 0 Å². The number of rotatable bonds is 13. The van der Waals surface area contributed by atoms with Gasteiger partial charge in [0.2, 0.25) is 16.5 Å². The van der Waals surface area contributed by atoms with E-state index in [-0.39, 0.29) is 27.7 Å². The number of nitrogens with one attached hydrogen (secondary N) is 1. The lowest BCUT2D eigenvalue weighted by Gasteiger charge is -2.49. The molecule has 1 aromatic rings. The van der Waals surface area contributed by atoms with E-state index in [0.29, 0.717) is 5.95 Å². The molecular weight excluding hydrogens is 433 g/mol. The summed E-state index contributed by atoms with van der Waals surface area (Å²) in [5.41, 5.74) is 0.0269. The third-order valence-electron chi connectivity index (χ3n) is 5.77. The van der Waals surface area contributed by atoms with Crippen molar-refractivity contribution in [3.8, 4) is 0 Å². The summed E-state index contributed by atoms with van der Waals surface area (Å²) in [7, 11) is 0. The van der Waals surface area contributed by atoms with Gasteiger partial charge in [-0.1, -0.05) is 39.0 Å². The number of aromatic nitrogens is 3. The van der Waals surface area contributed by atoms with Crippen LogP contribution in [0.5, 0.6) is 0 Å². The average molecular weight is 475 g/mol. The Morgan fingerprint density at radius 2 is 1.42 bits per heavy atom. The van der Waals surface area contributed by atoms with Gasteiger partial charge in [0.05, 0.1) is 0 Å². The Kier molecular flexibility index (Phi) is 10.7. The van der Waals surface area contributed by atoms with Gasteiger partial charge in [-0.25, -0.2) is 0 Å². The third kappa shape index (κ3) is 9.77. The molecule has 0 unspecified atom stereocenters. The molecule has 1 aliphatic rings. The molecular formula is C23H41Cl2N5O. The molecule has 1 aromatic heterocycles. The molecule has 0 bridgehead atoms. The summed E-state index contributed by atoms with van der Waals surface area (Å²) in [5.74, 6) is 0.555. The number of unbranched alkanes of at least 4 members (excludes halogenated alkanes) is 5. The molecule has 8 heteroatoms.